The van der Waals surface area contributed by atoms with Gasteiger partial charge in [-0.2, -0.15) is 8.78 Å². The average Bonchev–Trinajstić information content (AvgIpc) is 3.01. The lowest BCUT2D eigenvalue weighted by atomic mass is 10.1. The maximum absolute atomic E-state index is 14.0. The normalized spacial score (nSPS) is 12.1. The number of ether oxygens (including phenoxy) is 2. The summed E-state index contributed by atoms with van der Waals surface area (Å²) in [6, 6.07) is 10.2. The second-order valence-electron chi connectivity index (χ2n) is 6.08. The molecule has 0 bridgehead atoms. The number of thiophene rings is 1. The molecular formula is C20H16F3NO4S. The molecule has 0 aliphatic carbocycles. The molecule has 9 heteroatoms. The van der Waals surface area contributed by atoms with Crippen molar-refractivity contribution in [1.82, 2.24) is 0 Å². The van der Waals surface area contributed by atoms with Gasteiger partial charge in [0.25, 0.3) is 5.91 Å². The van der Waals surface area contributed by atoms with Gasteiger partial charge in [0.05, 0.1) is 5.69 Å². The van der Waals surface area contributed by atoms with E-state index in [1.165, 1.54) is 43.3 Å². The van der Waals surface area contributed by atoms with Crippen LogP contribution >= 0.6 is 11.3 Å². The van der Waals surface area contributed by atoms with Crippen LogP contribution in [0.1, 0.15) is 22.2 Å². The second-order valence-corrected chi connectivity index (χ2v) is 7.13. The van der Waals surface area contributed by atoms with Crippen molar-refractivity contribution in [2.45, 2.75) is 26.6 Å². The van der Waals surface area contributed by atoms with Crippen LogP contribution in [0.4, 0.5) is 18.9 Å². The third-order valence-electron chi connectivity index (χ3n) is 4.10. The zero-order chi connectivity index (χ0) is 21.1. The highest BCUT2D eigenvalue weighted by molar-refractivity contribution is 7.21. The average molecular weight is 423 g/mol. The Kier molecular flexibility index (Phi) is 6.07. The van der Waals surface area contributed by atoms with E-state index in [-0.39, 0.29) is 16.3 Å². The lowest BCUT2D eigenvalue weighted by molar-refractivity contribution is -0.123. The van der Waals surface area contributed by atoms with Gasteiger partial charge in [0.1, 0.15) is 16.4 Å². The first kappa shape index (κ1) is 20.7. The monoisotopic (exact) mass is 423 g/mol. The van der Waals surface area contributed by atoms with Crippen molar-refractivity contribution < 1.29 is 32.2 Å². The number of rotatable bonds is 6. The summed E-state index contributed by atoms with van der Waals surface area (Å²) >= 11 is 1.06. The minimum Gasteiger partial charge on any atom is -0.448 e. The van der Waals surface area contributed by atoms with Gasteiger partial charge in [0.15, 0.2) is 6.10 Å². The smallest absolute Gasteiger partial charge is 0.387 e. The zero-order valence-electron chi connectivity index (χ0n) is 15.4. The Hall–Kier alpha value is -3.07. The van der Waals surface area contributed by atoms with Gasteiger partial charge in [0.2, 0.25) is 0 Å². The Balaban J connectivity index is 1.73. The summed E-state index contributed by atoms with van der Waals surface area (Å²) in [4.78, 5) is 25.0. The topological polar surface area (TPSA) is 64.6 Å². The van der Waals surface area contributed by atoms with Crippen molar-refractivity contribution in [3.8, 4) is 5.75 Å². The Bertz CT molecular complexity index is 1070. The lowest BCUT2D eigenvalue weighted by Crippen LogP contribution is -2.30. The minimum absolute atomic E-state index is 0.0146. The number of fused-ring (bicyclic) bond motifs is 1. The zero-order valence-corrected chi connectivity index (χ0v) is 16.2. The highest BCUT2D eigenvalue weighted by Crippen LogP contribution is 2.33. The first-order valence-corrected chi connectivity index (χ1v) is 9.33. The summed E-state index contributed by atoms with van der Waals surface area (Å²) < 4.78 is 49.1. The standard InChI is InChI=1S/C20H16F3NO4S/c1-10-16-12(21)6-5-9-15(16)29-17(10)19(26)27-11(2)18(25)24-13-7-3-4-8-14(13)28-20(22)23/h3-9,11,20H,1-2H3,(H,24,25). The predicted molar refractivity (Wildman–Crippen MR) is 103 cm³/mol. The molecule has 29 heavy (non-hydrogen) atoms. The van der Waals surface area contributed by atoms with Crippen LogP contribution in [0, 0.1) is 12.7 Å². The van der Waals surface area contributed by atoms with Gasteiger partial charge in [-0.25, -0.2) is 9.18 Å². The van der Waals surface area contributed by atoms with Gasteiger partial charge in [0, 0.05) is 10.1 Å². The number of aryl methyl sites for hydroxylation is 1. The van der Waals surface area contributed by atoms with E-state index in [1.807, 2.05) is 0 Å². The van der Waals surface area contributed by atoms with Crippen LogP contribution in [-0.4, -0.2) is 24.6 Å². The molecule has 3 aromatic rings. The molecule has 1 aromatic heterocycles. The first-order valence-electron chi connectivity index (χ1n) is 8.51. The fraction of sp³-hybridized carbons (Fsp3) is 0.200. The van der Waals surface area contributed by atoms with E-state index in [0.717, 1.165) is 11.3 Å². The van der Waals surface area contributed by atoms with E-state index < -0.39 is 30.4 Å². The molecule has 3 rings (SSSR count). The molecule has 0 aliphatic rings. The van der Waals surface area contributed by atoms with Crippen LogP contribution in [0.3, 0.4) is 0 Å². The van der Waals surface area contributed by atoms with E-state index in [2.05, 4.69) is 10.1 Å². The van der Waals surface area contributed by atoms with Crippen molar-refractivity contribution in [3.63, 3.8) is 0 Å². The summed E-state index contributed by atoms with van der Waals surface area (Å²) in [5.41, 5.74) is 0.442. The number of benzene rings is 2. The molecule has 0 radical (unpaired) electrons. The van der Waals surface area contributed by atoms with E-state index in [4.69, 9.17) is 4.74 Å². The van der Waals surface area contributed by atoms with Gasteiger partial charge < -0.3 is 14.8 Å². The third kappa shape index (κ3) is 4.51. The minimum atomic E-state index is -3.06. The number of esters is 1. The molecule has 2 aromatic carbocycles. The van der Waals surface area contributed by atoms with Crippen molar-refractivity contribution in [2.75, 3.05) is 5.32 Å². The van der Waals surface area contributed by atoms with E-state index >= 15 is 0 Å². The highest BCUT2D eigenvalue weighted by atomic mass is 32.1. The summed E-state index contributed by atoms with van der Waals surface area (Å²) in [6.45, 7) is -0.117. The molecular weight excluding hydrogens is 407 g/mol. The molecule has 0 saturated heterocycles. The Morgan fingerprint density at radius 3 is 2.52 bits per heavy atom. The Morgan fingerprint density at radius 2 is 1.83 bits per heavy atom. The number of anilines is 1. The molecule has 152 valence electrons. The predicted octanol–water partition coefficient (Wildman–Crippen LogP) is 5.13. The molecule has 1 unspecified atom stereocenters. The van der Waals surface area contributed by atoms with Crippen molar-refractivity contribution in [1.29, 1.82) is 0 Å². The van der Waals surface area contributed by atoms with E-state index in [1.54, 1.807) is 13.0 Å². The van der Waals surface area contributed by atoms with E-state index in [9.17, 15) is 22.8 Å². The van der Waals surface area contributed by atoms with Crippen molar-refractivity contribution in [3.05, 3.63) is 58.7 Å². The Labute approximate surface area is 168 Å². The van der Waals surface area contributed by atoms with Gasteiger partial charge >= 0.3 is 12.6 Å². The number of carbonyl (C=O) groups is 2. The molecule has 1 amide bonds. The van der Waals surface area contributed by atoms with Crippen LogP contribution < -0.4 is 10.1 Å². The largest absolute Gasteiger partial charge is 0.448 e. The van der Waals surface area contributed by atoms with Crippen LogP contribution in [0.5, 0.6) is 5.75 Å². The summed E-state index contributed by atoms with van der Waals surface area (Å²) in [5, 5.41) is 2.72. The number of hydrogen-bond acceptors (Lipinski definition) is 5. The summed E-state index contributed by atoms with van der Waals surface area (Å²) in [6.07, 6.45) is -1.23. The number of para-hydroxylation sites is 2. The number of alkyl halides is 2. The van der Waals surface area contributed by atoms with Gasteiger partial charge in [-0.15, -0.1) is 11.3 Å². The second kappa shape index (κ2) is 8.52. The van der Waals surface area contributed by atoms with E-state index in [0.29, 0.717) is 15.6 Å². The van der Waals surface area contributed by atoms with Crippen molar-refractivity contribution in [2.24, 2.45) is 0 Å². The van der Waals surface area contributed by atoms with Gasteiger partial charge in [-0.05, 0) is 43.7 Å². The molecule has 0 saturated carbocycles. The van der Waals surface area contributed by atoms with Crippen LogP contribution in [0.2, 0.25) is 0 Å². The summed E-state index contributed by atoms with van der Waals surface area (Å²) in [5.74, 6) is -2.17. The molecule has 5 nitrogen and oxygen atoms in total. The number of carbonyl (C=O) groups excluding carboxylic acids is 2. The SMILES string of the molecule is Cc1c(C(=O)OC(C)C(=O)Nc2ccccc2OC(F)F)sc2cccc(F)c12. The number of halogens is 3. The fourth-order valence-corrected chi connectivity index (χ4v) is 3.82. The first-order chi connectivity index (χ1) is 13.8. The molecule has 1 N–H and O–H groups in total. The lowest BCUT2D eigenvalue weighted by Gasteiger charge is -2.15. The van der Waals surface area contributed by atoms with Gasteiger partial charge in [-0.1, -0.05) is 18.2 Å². The molecule has 0 fully saturated rings. The molecule has 1 heterocycles. The highest BCUT2D eigenvalue weighted by Gasteiger charge is 2.24. The molecule has 1 atom stereocenters. The fourth-order valence-electron chi connectivity index (χ4n) is 2.72. The molecule has 0 spiro atoms. The van der Waals surface area contributed by atoms with Crippen LogP contribution in [-0.2, 0) is 9.53 Å². The van der Waals surface area contributed by atoms with Gasteiger partial charge in [-0.3, -0.25) is 4.79 Å². The number of amides is 1. The van der Waals surface area contributed by atoms with Crippen molar-refractivity contribution >= 4 is 39.0 Å². The maximum Gasteiger partial charge on any atom is 0.387 e. The quantitative estimate of drug-likeness (QED) is 0.558. The maximum atomic E-state index is 14.0. The number of hydrogen-bond donors (Lipinski definition) is 1. The van der Waals surface area contributed by atoms with Crippen LogP contribution in [0.25, 0.3) is 10.1 Å². The molecule has 0 aliphatic heterocycles. The number of nitrogens with one attached hydrogen (secondary N) is 1. The van der Waals surface area contributed by atoms with Crippen LogP contribution in [0.15, 0.2) is 42.5 Å². The summed E-state index contributed by atoms with van der Waals surface area (Å²) in [7, 11) is 0. The Morgan fingerprint density at radius 1 is 1.10 bits per heavy atom. The third-order valence-corrected chi connectivity index (χ3v) is 5.34.